The minimum absolute atomic E-state index is 0.241. The summed E-state index contributed by atoms with van der Waals surface area (Å²) in [7, 11) is 0. The molecule has 29 heavy (non-hydrogen) atoms. The zero-order valence-corrected chi connectivity index (χ0v) is 18.2. The predicted octanol–water partition coefficient (Wildman–Crippen LogP) is 7.47. The quantitative estimate of drug-likeness (QED) is 0.452. The zero-order chi connectivity index (χ0) is 21.6. The van der Waals surface area contributed by atoms with E-state index >= 15 is 0 Å². The van der Waals surface area contributed by atoms with Crippen molar-refractivity contribution in [3.05, 3.63) is 83.8 Å². The zero-order valence-electron chi connectivity index (χ0n) is 18.2. The normalized spacial score (nSPS) is 11.5. The minimum atomic E-state index is -0.241. The van der Waals surface area contributed by atoms with Crippen LogP contribution in [-0.2, 0) is 0 Å². The van der Waals surface area contributed by atoms with Crippen LogP contribution in [0.25, 0.3) is 0 Å². The first-order valence-electron chi connectivity index (χ1n) is 10.4. The summed E-state index contributed by atoms with van der Waals surface area (Å²) < 4.78 is 12.5. The Hall–Kier alpha value is -2.88. The number of hydrogen-bond acceptors (Lipinski definition) is 3. The number of aryl methyl sites for hydroxylation is 1. The largest absolute Gasteiger partial charge is 0.399 e. The number of anilines is 3. The van der Waals surface area contributed by atoms with E-state index in [0.29, 0.717) is 11.3 Å². The maximum atomic E-state index is 12.5. The maximum Gasteiger partial charge on any atom is 0.130 e. The van der Waals surface area contributed by atoms with Crippen molar-refractivity contribution in [3.63, 3.8) is 0 Å². The highest BCUT2D eigenvalue weighted by atomic mass is 19.1. The standard InChI is InChI=1S/C14H14N2.C7H8FN.2C2H6/c1-2-4-13(5-3-1)16-14-10-12(8-9-15-14)11-6-7-11;1-5-2-3-6(9)4-7(5)8;2*1-2/h1-5,8-11H,6-7H2,(H,15,16);2-4H,9H2,1H3;2*1-2H3. The number of nitrogen functional groups attached to an aromatic ring is 1. The summed E-state index contributed by atoms with van der Waals surface area (Å²) in [6, 6.07) is 19.1. The summed E-state index contributed by atoms with van der Waals surface area (Å²) in [4.78, 5) is 4.33. The highest BCUT2D eigenvalue weighted by molar-refractivity contribution is 5.56. The van der Waals surface area contributed by atoms with Gasteiger partial charge in [-0.1, -0.05) is 52.0 Å². The van der Waals surface area contributed by atoms with E-state index < -0.39 is 0 Å². The fraction of sp³-hybridized carbons (Fsp3) is 0.320. The Labute approximate surface area is 175 Å². The molecule has 1 aromatic heterocycles. The monoisotopic (exact) mass is 395 g/mol. The number of halogens is 1. The van der Waals surface area contributed by atoms with Crippen molar-refractivity contribution in [1.82, 2.24) is 4.98 Å². The molecule has 3 nitrogen and oxygen atoms in total. The summed E-state index contributed by atoms with van der Waals surface area (Å²) >= 11 is 0. The van der Waals surface area contributed by atoms with Crippen molar-refractivity contribution in [2.24, 2.45) is 0 Å². The maximum absolute atomic E-state index is 12.5. The molecule has 1 saturated carbocycles. The summed E-state index contributed by atoms with van der Waals surface area (Å²) in [5.41, 5.74) is 8.88. The van der Waals surface area contributed by atoms with Gasteiger partial charge in [-0.15, -0.1) is 0 Å². The first-order valence-corrected chi connectivity index (χ1v) is 10.4. The van der Waals surface area contributed by atoms with E-state index in [1.165, 1.54) is 24.5 Å². The van der Waals surface area contributed by atoms with E-state index in [1.54, 1.807) is 19.1 Å². The van der Waals surface area contributed by atoms with Gasteiger partial charge in [0.15, 0.2) is 0 Å². The Morgan fingerprint density at radius 3 is 2.14 bits per heavy atom. The molecule has 1 aliphatic carbocycles. The van der Waals surface area contributed by atoms with Crippen LogP contribution in [-0.4, -0.2) is 4.98 Å². The number of benzene rings is 2. The smallest absolute Gasteiger partial charge is 0.130 e. The molecule has 0 radical (unpaired) electrons. The lowest BCUT2D eigenvalue weighted by atomic mass is 10.2. The van der Waals surface area contributed by atoms with Gasteiger partial charge >= 0.3 is 0 Å². The van der Waals surface area contributed by atoms with E-state index in [2.05, 4.69) is 22.4 Å². The van der Waals surface area contributed by atoms with Crippen molar-refractivity contribution >= 4 is 17.2 Å². The number of hydrogen-bond donors (Lipinski definition) is 2. The SMILES string of the molecule is CC.CC.Cc1ccc(N)cc1F.c1ccc(Nc2cc(C3CC3)ccn2)cc1. The van der Waals surface area contributed by atoms with Crippen molar-refractivity contribution in [2.45, 2.75) is 53.4 Å². The van der Waals surface area contributed by atoms with Crippen LogP contribution in [0.4, 0.5) is 21.6 Å². The lowest BCUT2D eigenvalue weighted by Gasteiger charge is -2.06. The molecule has 0 bridgehead atoms. The third-order valence-electron chi connectivity index (χ3n) is 4.07. The van der Waals surface area contributed by atoms with Crippen LogP contribution in [0.5, 0.6) is 0 Å². The molecule has 156 valence electrons. The van der Waals surface area contributed by atoms with Gasteiger partial charge in [0.25, 0.3) is 0 Å². The fourth-order valence-electron chi connectivity index (χ4n) is 2.46. The molecule has 3 aromatic rings. The molecule has 1 aliphatic rings. The predicted molar refractivity (Wildman–Crippen MR) is 124 cm³/mol. The number of nitrogens with two attached hydrogens (primary N) is 1. The summed E-state index contributed by atoms with van der Waals surface area (Å²) in [6.07, 6.45) is 4.54. The second-order valence-corrected chi connectivity index (χ2v) is 6.25. The van der Waals surface area contributed by atoms with Crippen LogP contribution in [0.1, 0.15) is 57.6 Å². The van der Waals surface area contributed by atoms with Crippen LogP contribution in [0.15, 0.2) is 66.9 Å². The fourth-order valence-corrected chi connectivity index (χ4v) is 2.46. The molecule has 0 saturated heterocycles. The second kappa shape index (κ2) is 13.3. The average Bonchev–Trinajstić information content (AvgIpc) is 3.61. The highest BCUT2D eigenvalue weighted by Gasteiger charge is 2.23. The molecule has 1 heterocycles. The molecule has 0 spiro atoms. The van der Waals surface area contributed by atoms with Gasteiger partial charge in [0.05, 0.1) is 0 Å². The summed E-state index contributed by atoms with van der Waals surface area (Å²) in [5, 5.41) is 3.32. The lowest BCUT2D eigenvalue weighted by molar-refractivity contribution is 0.619. The van der Waals surface area contributed by atoms with Crippen LogP contribution < -0.4 is 11.1 Å². The molecular formula is C25H34FN3. The summed E-state index contributed by atoms with van der Waals surface area (Å²) in [5.74, 6) is 1.48. The molecule has 0 amide bonds. The van der Waals surface area contributed by atoms with Crippen LogP contribution in [0, 0.1) is 12.7 Å². The molecule has 0 aliphatic heterocycles. The Morgan fingerprint density at radius 2 is 1.59 bits per heavy atom. The minimum Gasteiger partial charge on any atom is -0.399 e. The number of pyridine rings is 1. The lowest BCUT2D eigenvalue weighted by Crippen LogP contribution is -1.93. The first-order chi connectivity index (χ1) is 14.1. The number of para-hydroxylation sites is 1. The Bertz CT molecular complexity index is 830. The van der Waals surface area contributed by atoms with Crippen molar-refractivity contribution in [2.75, 3.05) is 11.1 Å². The molecule has 3 N–H and O–H groups in total. The van der Waals surface area contributed by atoms with Crippen molar-refractivity contribution < 1.29 is 4.39 Å². The molecule has 0 unspecified atom stereocenters. The van der Waals surface area contributed by atoms with Crippen molar-refractivity contribution in [1.29, 1.82) is 0 Å². The van der Waals surface area contributed by atoms with Gasteiger partial charge in [-0.2, -0.15) is 0 Å². The van der Waals surface area contributed by atoms with E-state index in [4.69, 9.17) is 5.73 Å². The molecule has 4 rings (SSSR count). The number of nitrogens with one attached hydrogen (secondary N) is 1. The van der Waals surface area contributed by atoms with Crippen LogP contribution >= 0.6 is 0 Å². The molecular weight excluding hydrogens is 361 g/mol. The number of nitrogens with zero attached hydrogens (tertiary/aromatic N) is 1. The molecule has 1 fully saturated rings. The topological polar surface area (TPSA) is 50.9 Å². The summed E-state index contributed by atoms with van der Waals surface area (Å²) in [6.45, 7) is 9.70. The third kappa shape index (κ3) is 8.77. The molecule has 4 heteroatoms. The number of aromatic nitrogens is 1. The van der Waals surface area contributed by atoms with Gasteiger partial charge in [0.1, 0.15) is 11.6 Å². The molecule has 0 atom stereocenters. The Balaban J connectivity index is 0.000000277. The van der Waals surface area contributed by atoms with E-state index in [9.17, 15) is 4.39 Å². The van der Waals surface area contributed by atoms with Gasteiger partial charge in [0, 0.05) is 17.6 Å². The Kier molecular flexibility index (Phi) is 11.1. The van der Waals surface area contributed by atoms with E-state index in [1.807, 2.05) is 64.2 Å². The van der Waals surface area contributed by atoms with Crippen LogP contribution in [0.3, 0.4) is 0 Å². The number of rotatable bonds is 3. The van der Waals surface area contributed by atoms with Gasteiger partial charge in [-0.05, 0) is 73.2 Å². The third-order valence-corrected chi connectivity index (χ3v) is 4.07. The first kappa shape index (κ1) is 24.2. The molecule has 2 aromatic carbocycles. The van der Waals surface area contributed by atoms with Crippen molar-refractivity contribution in [3.8, 4) is 0 Å². The van der Waals surface area contributed by atoms with Crippen LogP contribution in [0.2, 0.25) is 0 Å². The van der Waals surface area contributed by atoms with E-state index in [-0.39, 0.29) is 5.82 Å². The van der Waals surface area contributed by atoms with Gasteiger partial charge in [-0.3, -0.25) is 0 Å². The highest BCUT2D eigenvalue weighted by Crippen LogP contribution is 2.40. The van der Waals surface area contributed by atoms with Gasteiger partial charge in [-0.25, -0.2) is 9.37 Å². The van der Waals surface area contributed by atoms with Gasteiger partial charge < -0.3 is 11.1 Å². The second-order valence-electron chi connectivity index (χ2n) is 6.25. The van der Waals surface area contributed by atoms with Gasteiger partial charge in [0.2, 0.25) is 0 Å². The Morgan fingerprint density at radius 1 is 0.931 bits per heavy atom. The van der Waals surface area contributed by atoms with E-state index in [0.717, 1.165) is 17.4 Å². The average molecular weight is 396 g/mol.